The van der Waals surface area contributed by atoms with Crippen molar-refractivity contribution in [1.29, 1.82) is 0 Å². The predicted octanol–water partition coefficient (Wildman–Crippen LogP) is 2.01. The molecule has 114 valence electrons. The first-order chi connectivity index (χ1) is 9.76. The monoisotopic (exact) mass is 280 g/mol. The summed E-state index contributed by atoms with van der Waals surface area (Å²) in [6.45, 7) is 3.71. The Morgan fingerprint density at radius 1 is 1.15 bits per heavy atom. The summed E-state index contributed by atoms with van der Waals surface area (Å²) >= 11 is 0. The minimum Gasteiger partial charge on any atom is -0.494 e. The van der Waals surface area contributed by atoms with Gasteiger partial charge < -0.3 is 20.5 Å². The minimum absolute atomic E-state index is 0.305. The maximum atomic E-state index is 8.71. The number of rotatable bonds is 11. The van der Waals surface area contributed by atoms with Crippen molar-refractivity contribution < 1.29 is 9.84 Å². The number of ether oxygens (including phenoxy) is 1. The van der Waals surface area contributed by atoms with Gasteiger partial charge in [0.1, 0.15) is 5.75 Å². The molecule has 1 aromatic carbocycles. The van der Waals surface area contributed by atoms with Gasteiger partial charge in [-0.2, -0.15) is 0 Å². The number of benzene rings is 1. The Bertz CT molecular complexity index is 358. The molecule has 0 heterocycles. The van der Waals surface area contributed by atoms with E-state index in [4.69, 9.17) is 15.6 Å². The van der Waals surface area contributed by atoms with Crippen molar-refractivity contribution in [3.05, 3.63) is 29.8 Å². The summed E-state index contributed by atoms with van der Waals surface area (Å²) in [5.41, 5.74) is 6.70. The minimum atomic E-state index is 0.305. The number of nitrogens with two attached hydrogens (primary N) is 1. The van der Waals surface area contributed by atoms with E-state index >= 15 is 0 Å². The summed E-state index contributed by atoms with van der Waals surface area (Å²) in [4.78, 5) is 2.32. The molecule has 0 amide bonds. The van der Waals surface area contributed by atoms with E-state index in [2.05, 4.69) is 11.9 Å². The Kier molecular flexibility index (Phi) is 9.04. The summed E-state index contributed by atoms with van der Waals surface area (Å²) in [5, 5.41) is 8.71. The quantitative estimate of drug-likeness (QED) is 0.609. The largest absolute Gasteiger partial charge is 0.494 e. The van der Waals surface area contributed by atoms with Crippen LogP contribution in [0.3, 0.4) is 0 Å². The maximum absolute atomic E-state index is 8.71. The van der Waals surface area contributed by atoms with E-state index in [-0.39, 0.29) is 0 Å². The van der Waals surface area contributed by atoms with E-state index in [1.807, 2.05) is 24.3 Å². The fourth-order valence-corrected chi connectivity index (χ4v) is 2.07. The Labute approximate surface area is 122 Å². The molecule has 0 bridgehead atoms. The van der Waals surface area contributed by atoms with E-state index in [0.717, 1.165) is 56.7 Å². The fraction of sp³-hybridized carbons (Fsp3) is 0.625. The molecule has 0 aliphatic rings. The lowest BCUT2D eigenvalue weighted by Crippen LogP contribution is -2.22. The van der Waals surface area contributed by atoms with Crippen LogP contribution in [-0.2, 0) is 6.54 Å². The molecule has 0 atom stereocenters. The summed E-state index contributed by atoms with van der Waals surface area (Å²) in [7, 11) is 2.13. The summed E-state index contributed by atoms with van der Waals surface area (Å²) in [6, 6.07) is 7.95. The van der Waals surface area contributed by atoms with Crippen LogP contribution in [0.5, 0.6) is 5.75 Å². The number of nitrogens with zero attached hydrogens (tertiary/aromatic N) is 1. The highest BCUT2D eigenvalue weighted by Gasteiger charge is 1.99. The van der Waals surface area contributed by atoms with Gasteiger partial charge in [0.2, 0.25) is 0 Å². The molecule has 20 heavy (non-hydrogen) atoms. The van der Waals surface area contributed by atoms with Gasteiger partial charge in [-0.05, 0) is 57.0 Å². The van der Waals surface area contributed by atoms with Gasteiger partial charge in [-0.1, -0.05) is 12.1 Å². The van der Waals surface area contributed by atoms with Crippen molar-refractivity contribution in [3.63, 3.8) is 0 Å². The topological polar surface area (TPSA) is 58.7 Å². The van der Waals surface area contributed by atoms with Crippen LogP contribution in [0.1, 0.15) is 31.2 Å². The third-order valence-electron chi connectivity index (χ3n) is 3.28. The number of aliphatic hydroxyl groups excluding tert-OH is 1. The molecule has 0 aliphatic heterocycles. The van der Waals surface area contributed by atoms with Gasteiger partial charge in [-0.3, -0.25) is 0 Å². The maximum Gasteiger partial charge on any atom is 0.119 e. The summed E-state index contributed by atoms with van der Waals surface area (Å²) in [5.74, 6) is 0.901. The average molecular weight is 280 g/mol. The zero-order valence-electron chi connectivity index (χ0n) is 12.6. The third-order valence-corrected chi connectivity index (χ3v) is 3.28. The number of hydrogen-bond donors (Lipinski definition) is 2. The van der Waals surface area contributed by atoms with Crippen LogP contribution in [0.4, 0.5) is 0 Å². The fourth-order valence-electron chi connectivity index (χ4n) is 2.07. The molecule has 1 rings (SSSR count). The van der Waals surface area contributed by atoms with Crippen LogP contribution in [-0.4, -0.2) is 43.4 Å². The van der Waals surface area contributed by atoms with Gasteiger partial charge >= 0.3 is 0 Å². The Balaban J connectivity index is 2.08. The molecule has 0 aliphatic carbocycles. The van der Waals surface area contributed by atoms with Gasteiger partial charge in [0, 0.05) is 19.7 Å². The highest BCUT2D eigenvalue weighted by Crippen LogP contribution is 2.13. The summed E-state index contributed by atoms with van der Waals surface area (Å²) in [6.07, 6.45) is 4.18. The molecule has 0 fully saturated rings. The molecule has 0 saturated heterocycles. The van der Waals surface area contributed by atoms with Crippen molar-refractivity contribution in [2.75, 3.05) is 33.4 Å². The molecule has 0 radical (unpaired) electrons. The highest BCUT2D eigenvalue weighted by atomic mass is 16.5. The third kappa shape index (κ3) is 7.48. The molecule has 4 nitrogen and oxygen atoms in total. The lowest BCUT2D eigenvalue weighted by atomic mass is 10.2. The van der Waals surface area contributed by atoms with Gasteiger partial charge in [-0.25, -0.2) is 0 Å². The number of hydrogen-bond acceptors (Lipinski definition) is 4. The molecule has 4 heteroatoms. The normalized spacial score (nSPS) is 11.0. The Hall–Kier alpha value is -1.10. The molecule has 0 unspecified atom stereocenters. The Morgan fingerprint density at radius 2 is 1.95 bits per heavy atom. The molecule has 1 aromatic rings. The van der Waals surface area contributed by atoms with Crippen LogP contribution in [0, 0.1) is 0 Å². The lowest BCUT2D eigenvalue weighted by molar-refractivity contribution is 0.252. The predicted molar refractivity (Wildman–Crippen MR) is 82.9 cm³/mol. The van der Waals surface area contributed by atoms with Crippen LogP contribution < -0.4 is 10.5 Å². The van der Waals surface area contributed by atoms with E-state index in [1.54, 1.807) is 0 Å². The van der Waals surface area contributed by atoms with Gasteiger partial charge in [0.25, 0.3) is 0 Å². The van der Waals surface area contributed by atoms with Crippen LogP contribution in [0.15, 0.2) is 24.3 Å². The zero-order valence-corrected chi connectivity index (χ0v) is 12.6. The highest BCUT2D eigenvalue weighted by molar-refractivity contribution is 5.28. The molecular formula is C16H28N2O2. The van der Waals surface area contributed by atoms with Crippen molar-refractivity contribution in [3.8, 4) is 5.75 Å². The lowest BCUT2D eigenvalue weighted by Gasteiger charge is -2.16. The van der Waals surface area contributed by atoms with Crippen LogP contribution in [0.2, 0.25) is 0 Å². The first-order valence-corrected chi connectivity index (χ1v) is 7.47. The van der Waals surface area contributed by atoms with E-state index < -0.39 is 0 Å². The first-order valence-electron chi connectivity index (χ1n) is 7.47. The molecule has 0 saturated carbocycles. The van der Waals surface area contributed by atoms with Gasteiger partial charge in [-0.15, -0.1) is 0 Å². The zero-order chi connectivity index (χ0) is 14.6. The van der Waals surface area contributed by atoms with E-state index in [0.29, 0.717) is 13.2 Å². The number of aliphatic hydroxyl groups is 1. The van der Waals surface area contributed by atoms with Gasteiger partial charge in [0.15, 0.2) is 0 Å². The number of unbranched alkanes of at least 4 members (excludes halogenated alkanes) is 2. The standard InChI is InChI=1S/C16H28N2O2/c1-18(9-3-2-4-11-19)10-6-12-20-16-8-5-7-15(13-16)14-17/h5,7-8,13,19H,2-4,6,9-12,14,17H2,1H3. The molecule has 3 N–H and O–H groups in total. The second-order valence-corrected chi connectivity index (χ2v) is 5.14. The van der Waals surface area contributed by atoms with Crippen molar-refractivity contribution in [1.82, 2.24) is 4.90 Å². The molecular weight excluding hydrogens is 252 g/mol. The first kappa shape index (κ1) is 17.0. The van der Waals surface area contributed by atoms with Crippen molar-refractivity contribution in [2.24, 2.45) is 5.73 Å². The second kappa shape index (κ2) is 10.7. The van der Waals surface area contributed by atoms with E-state index in [1.165, 1.54) is 0 Å². The molecule has 0 aromatic heterocycles. The van der Waals surface area contributed by atoms with Crippen LogP contribution in [0.25, 0.3) is 0 Å². The molecule has 0 spiro atoms. The van der Waals surface area contributed by atoms with Crippen LogP contribution >= 0.6 is 0 Å². The SMILES string of the molecule is CN(CCCCCO)CCCOc1cccc(CN)c1. The smallest absolute Gasteiger partial charge is 0.119 e. The second-order valence-electron chi connectivity index (χ2n) is 5.14. The Morgan fingerprint density at radius 3 is 2.70 bits per heavy atom. The summed E-state index contributed by atoms with van der Waals surface area (Å²) < 4.78 is 5.73. The van der Waals surface area contributed by atoms with Gasteiger partial charge in [0.05, 0.1) is 6.61 Å². The average Bonchev–Trinajstić information content (AvgIpc) is 2.48. The van der Waals surface area contributed by atoms with Crippen molar-refractivity contribution >= 4 is 0 Å². The van der Waals surface area contributed by atoms with E-state index in [9.17, 15) is 0 Å². The van der Waals surface area contributed by atoms with Crippen molar-refractivity contribution in [2.45, 2.75) is 32.2 Å².